The van der Waals surface area contributed by atoms with Gasteiger partial charge in [-0.3, -0.25) is 5.10 Å². The van der Waals surface area contributed by atoms with E-state index < -0.39 is 0 Å². The van der Waals surface area contributed by atoms with Gasteiger partial charge in [-0.15, -0.1) is 0 Å². The second kappa shape index (κ2) is 5.59. The maximum absolute atomic E-state index is 13.3. The number of nitrogens with zero attached hydrogens (tertiary/aromatic N) is 1. The Morgan fingerprint density at radius 2 is 1.67 bits per heavy atom. The van der Waals surface area contributed by atoms with E-state index >= 15 is 0 Å². The van der Waals surface area contributed by atoms with Crippen molar-refractivity contribution >= 4 is 0 Å². The summed E-state index contributed by atoms with van der Waals surface area (Å²) in [6, 6.07) is 17.2. The Morgan fingerprint density at radius 3 is 2.25 bits per heavy atom. The minimum atomic E-state index is -0.187. The molecule has 0 amide bonds. The summed E-state index contributed by atoms with van der Waals surface area (Å²) in [7, 11) is 0. The molecule has 0 bridgehead atoms. The summed E-state index contributed by atoms with van der Waals surface area (Å²) < 4.78 is 13.3. The molecular weight excluding hydrogens is 299 g/mol. The molecule has 2 aromatic carbocycles. The Balaban J connectivity index is 1.85. The molecule has 24 heavy (non-hydrogen) atoms. The molecule has 1 aromatic heterocycles. The summed E-state index contributed by atoms with van der Waals surface area (Å²) in [5.41, 5.74) is 5.79. The molecule has 3 heteroatoms. The largest absolute Gasteiger partial charge is 0.281 e. The van der Waals surface area contributed by atoms with Crippen molar-refractivity contribution < 1.29 is 4.39 Å². The van der Waals surface area contributed by atoms with Crippen molar-refractivity contribution in [2.75, 3.05) is 0 Å². The molecule has 0 spiro atoms. The fourth-order valence-corrected chi connectivity index (χ4v) is 3.67. The number of benzene rings is 2. The predicted molar refractivity (Wildman–Crippen MR) is 94.5 cm³/mol. The quantitative estimate of drug-likeness (QED) is 0.683. The Morgan fingerprint density at radius 1 is 1.00 bits per heavy atom. The van der Waals surface area contributed by atoms with E-state index in [1.54, 1.807) is 12.1 Å². The Labute approximate surface area is 141 Å². The monoisotopic (exact) mass is 320 g/mol. The van der Waals surface area contributed by atoms with E-state index in [0.717, 1.165) is 24.1 Å². The standard InChI is InChI=1S/C21H21FN2/c1-14(2)18-19(15-6-4-3-5-7-15)23-24-20(18)21(12-13-21)16-8-10-17(22)11-9-16/h3-11,14H,12-13H2,1-2H3,(H,23,24). The van der Waals surface area contributed by atoms with Crippen LogP contribution in [0.25, 0.3) is 11.3 Å². The Kier molecular flexibility index (Phi) is 3.52. The number of halogens is 1. The normalized spacial score (nSPS) is 15.7. The molecule has 0 unspecified atom stereocenters. The van der Waals surface area contributed by atoms with Gasteiger partial charge in [-0.05, 0) is 36.5 Å². The van der Waals surface area contributed by atoms with Crippen LogP contribution in [0.15, 0.2) is 54.6 Å². The van der Waals surface area contributed by atoms with Crippen LogP contribution in [0.4, 0.5) is 4.39 Å². The molecule has 1 saturated carbocycles. The van der Waals surface area contributed by atoms with Crippen LogP contribution in [0, 0.1) is 5.82 Å². The summed E-state index contributed by atoms with van der Waals surface area (Å²) in [6.07, 6.45) is 2.16. The Bertz CT molecular complexity index is 843. The summed E-state index contributed by atoms with van der Waals surface area (Å²) in [6.45, 7) is 4.42. The average molecular weight is 320 g/mol. The molecule has 122 valence electrons. The average Bonchev–Trinajstić information content (AvgIpc) is 3.27. The number of aromatic amines is 1. The second-order valence-electron chi connectivity index (χ2n) is 6.97. The van der Waals surface area contributed by atoms with Gasteiger partial charge < -0.3 is 0 Å². The van der Waals surface area contributed by atoms with Gasteiger partial charge in [0.2, 0.25) is 0 Å². The van der Waals surface area contributed by atoms with E-state index in [1.807, 2.05) is 30.3 Å². The first-order valence-corrected chi connectivity index (χ1v) is 8.52. The number of hydrogen-bond donors (Lipinski definition) is 1. The first kappa shape index (κ1) is 15.1. The van der Waals surface area contributed by atoms with Crippen molar-refractivity contribution in [3.05, 3.63) is 77.2 Å². The van der Waals surface area contributed by atoms with Crippen LogP contribution >= 0.6 is 0 Å². The van der Waals surface area contributed by atoms with Gasteiger partial charge in [0.25, 0.3) is 0 Å². The van der Waals surface area contributed by atoms with Crippen molar-refractivity contribution in [1.82, 2.24) is 10.2 Å². The van der Waals surface area contributed by atoms with Gasteiger partial charge in [0, 0.05) is 22.2 Å². The lowest BCUT2D eigenvalue weighted by atomic mass is 9.85. The fraction of sp³-hybridized carbons (Fsp3) is 0.286. The zero-order chi connectivity index (χ0) is 16.7. The molecule has 4 rings (SSSR count). The molecule has 1 aliphatic carbocycles. The van der Waals surface area contributed by atoms with E-state index in [2.05, 4.69) is 36.2 Å². The van der Waals surface area contributed by atoms with Gasteiger partial charge in [0.1, 0.15) is 5.82 Å². The molecule has 1 heterocycles. The van der Waals surface area contributed by atoms with E-state index in [1.165, 1.54) is 16.8 Å². The first-order valence-electron chi connectivity index (χ1n) is 8.52. The van der Waals surface area contributed by atoms with Crippen molar-refractivity contribution in [2.24, 2.45) is 0 Å². The summed E-state index contributed by atoms with van der Waals surface area (Å²) in [4.78, 5) is 0. The van der Waals surface area contributed by atoms with Crippen LogP contribution in [0.1, 0.15) is 49.4 Å². The molecule has 2 nitrogen and oxygen atoms in total. The lowest BCUT2D eigenvalue weighted by molar-refractivity contribution is 0.625. The smallest absolute Gasteiger partial charge is 0.123 e. The van der Waals surface area contributed by atoms with Crippen LogP contribution in [-0.2, 0) is 5.41 Å². The number of rotatable bonds is 4. The maximum Gasteiger partial charge on any atom is 0.123 e. The molecule has 3 aromatic rings. The van der Waals surface area contributed by atoms with Crippen molar-refractivity contribution in [3.8, 4) is 11.3 Å². The van der Waals surface area contributed by atoms with Gasteiger partial charge in [0.15, 0.2) is 0 Å². The van der Waals surface area contributed by atoms with Gasteiger partial charge in [0.05, 0.1) is 5.69 Å². The van der Waals surface area contributed by atoms with E-state index in [4.69, 9.17) is 0 Å². The van der Waals surface area contributed by atoms with Gasteiger partial charge in [-0.25, -0.2) is 4.39 Å². The third kappa shape index (κ3) is 2.35. The number of hydrogen-bond acceptors (Lipinski definition) is 1. The van der Waals surface area contributed by atoms with Gasteiger partial charge in [-0.1, -0.05) is 56.3 Å². The fourth-order valence-electron chi connectivity index (χ4n) is 3.67. The lowest BCUT2D eigenvalue weighted by Crippen LogP contribution is -2.12. The number of aromatic nitrogens is 2. The van der Waals surface area contributed by atoms with Gasteiger partial charge in [-0.2, -0.15) is 5.10 Å². The first-order chi connectivity index (χ1) is 11.6. The van der Waals surface area contributed by atoms with E-state index in [9.17, 15) is 4.39 Å². The number of H-pyrrole nitrogens is 1. The maximum atomic E-state index is 13.3. The van der Waals surface area contributed by atoms with Crippen LogP contribution < -0.4 is 0 Å². The highest BCUT2D eigenvalue weighted by Gasteiger charge is 2.49. The summed E-state index contributed by atoms with van der Waals surface area (Å²) in [5, 5.41) is 7.98. The number of nitrogens with one attached hydrogen (secondary N) is 1. The van der Waals surface area contributed by atoms with Crippen LogP contribution in [0.3, 0.4) is 0 Å². The SMILES string of the molecule is CC(C)c1c(-c2ccccc2)n[nH]c1C1(c2ccc(F)cc2)CC1. The Hall–Kier alpha value is -2.42. The van der Waals surface area contributed by atoms with Crippen molar-refractivity contribution in [2.45, 2.75) is 38.0 Å². The minimum absolute atomic E-state index is 0.0344. The highest BCUT2D eigenvalue weighted by atomic mass is 19.1. The van der Waals surface area contributed by atoms with Crippen LogP contribution in [0.5, 0.6) is 0 Å². The molecule has 1 fully saturated rings. The van der Waals surface area contributed by atoms with Crippen LogP contribution in [-0.4, -0.2) is 10.2 Å². The van der Waals surface area contributed by atoms with Crippen LogP contribution in [0.2, 0.25) is 0 Å². The molecular formula is C21H21FN2. The molecule has 0 atom stereocenters. The zero-order valence-electron chi connectivity index (χ0n) is 14.0. The molecule has 1 N–H and O–H groups in total. The lowest BCUT2D eigenvalue weighted by Gasteiger charge is -2.18. The molecule has 0 saturated heterocycles. The third-order valence-corrected chi connectivity index (χ3v) is 5.05. The molecule has 0 radical (unpaired) electrons. The van der Waals surface area contributed by atoms with Crippen molar-refractivity contribution in [3.63, 3.8) is 0 Å². The molecule has 0 aliphatic heterocycles. The predicted octanol–water partition coefficient (Wildman–Crippen LogP) is 5.42. The van der Waals surface area contributed by atoms with E-state index in [0.29, 0.717) is 5.92 Å². The topological polar surface area (TPSA) is 28.7 Å². The van der Waals surface area contributed by atoms with Crippen molar-refractivity contribution in [1.29, 1.82) is 0 Å². The summed E-state index contributed by atoms with van der Waals surface area (Å²) in [5.74, 6) is 0.181. The highest BCUT2D eigenvalue weighted by Crippen LogP contribution is 2.55. The summed E-state index contributed by atoms with van der Waals surface area (Å²) >= 11 is 0. The minimum Gasteiger partial charge on any atom is -0.281 e. The van der Waals surface area contributed by atoms with E-state index in [-0.39, 0.29) is 11.2 Å². The third-order valence-electron chi connectivity index (χ3n) is 5.05. The second-order valence-corrected chi connectivity index (χ2v) is 6.97. The highest BCUT2D eigenvalue weighted by molar-refractivity contribution is 5.66. The zero-order valence-corrected chi connectivity index (χ0v) is 14.0. The van der Waals surface area contributed by atoms with Gasteiger partial charge >= 0.3 is 0 Å². The molecule has 1 aliphatic rings.